The molecule has 2 aliphatic rings. The van der Waals surface area contributed by atoms with Gasteiger partial charge in [-0.1, -0.05) is 19.1 Å². The minimum absolute atomic E-state index is 1.25. The summed E-state index contributed by atoms with van der Waals surface area (Å²) < 4.78 is 0. The van der Waals surface area contributed by atoms with Crippen LogP contribution in [0.5, 0.6) is 0 Å². The van der Waals surface area contributed by atoms with Gasteiger partial charge in [0, 0.05) is 5.92 Å². The van der Waals surface area contributed by atoms with E-state index in [4.69, 9.17) is 0 Å². The molecule has 0 aliphatic heterocycles. The van der Waals surface area contributed by atoms with Crippen LogP contribution in [-0.4, -0.2) is 0 Å². The normalized spacial score (nSPS) is 19.8. The molecule has 0 nitrogen and oxygen atoms in total. The van der Waals surface area contributed by atoms with E-state index in [1.54, 1.807) is 28.2 Å². The molecule has 0 fully saturated rings. The van der Waals surface area contributed by atoms with E-state index < -0.39 is 0 Å². The van der Waals surface area contributed by atoms with Gasteiger partial charge in [-0.3, -0.25) is 0 Å². The van der Waals surface area contributed by atoms with E-state index in [9.17, 15) is 0 Å². The quantitative estimate of drug-likeness (QED) is 0.628. The van der Waals surface area contributed by atoms with Gasteiger partial charge in [0.1, 0.15) is 0 Å². The van der Waals surface area contributed by atoms with E-state index in [0.29, 0.717) is 0 Å². The number of hydrogen-bond donors (Lipinski definition) is 0. The molecule has 0 spiro atoms. The largest absolute Gasteiger partial charge is 0.0645 e. The van der Waals surface area contributed by atoms with Crippen LogP contribution < -0.4 is 0 Å². The van der Waals surface area contributed by atoms with Crippen LogP contribution in [0.2, 0.25) is 0 Å². The summed E-state index contributed by atoms with van der Waals surface area (Å²) in [5, 5.41) is 0. The summed E-state index contributed by atoms with van der Waals surface area (Å²) in [6.45, 7) is 2.30. The number of aryl methyl sites for hydroxylation is 2. The molecule has 0 bridgehead atoms. The molecule has 0 N–H and O–H groups in total. The zero-order valence-corrected chi connectivity index (χ0v) is 8.90. The highest BCUT2D eigenvalue weighted by Crippen LogP contribution is 2.40. The third-order valence-corrected chi connectivity index (χ3v) is 3.85. The Hall–Kier alpha value is -0.780. The highest BCUT2D eigenvalue weighted by molar-refractivity contribution is 5.53. The van der Waals surface area contributed by atoms with Crippen molar-refractivity contribution in [1.29, 1.82) is 0 Å². The Balaban J connectivity index is 2.16. The fourth-order valence-corrected chi connectivity index (χ4v) is 3.13. The first-order valence-electron chi connectivity index (χ1n) is 5.89. The highest BCUT2D eigenvalue weighted by atomic mass is 14.3. The van der Waals surface area contributed by atoms with Crippen LogP contribution in [0.15, 0.2) is 12.1 Å². The molecule has 14 heavy (non-hydrogen) atoms. The Morgan fingerprint density at radius 2 is 1.86 bits per heavy atom. The van der Waals surface area contributed by atoms with Crippen molar-refractivity contribution in [3.63, 3.8) is 0 Å². The molecule has 1 aromatic carbocycles. The monoisotopic (exact) mass is 185 g/mol. The van der Waals surface area contributed by atoms with Crippen LogP contribution in [0, 0.1) is 5.92 Å². The maximum Gasteiger partial charge on any atom is 0.00561 e. The molecule has 2 aliphatic carbocycles. The summed E-state index contributed by atoms with van der Waals surface area (Å²) in [4.78, 5) is 0. The van der Waals surface area contributed by atoms with Crippen molar-refractivity contribution in [3.8, 4) is 0 Å². The van der Waals surface area contributed by atoms with Crippen LogP contribution in [0.3, 0.4) is 0 Å². The van der Waals surface area contributed by atoms with Crippen molar-refractivity contribution < 1.29 is 0 Å². The Kier molecular flexibility index (Phi) is 1.90. The Morgan fingerprint density at radius 3 is 2.71 bits per heavy atom. The van der Waals surface area contributed by atoms with Crippen molar-refractivity contribution in [2.45, 2.75) is 45.4 Å². The molecule has 0 atom stereocenters. The first-order chi connectivity index (χ1) is 6.90. The molecule has 0 saturated carbocycles. The summed E-state index contributed by atoms with van der Waals surface area (Å²) in [6.07, 6.45) is 7.90. The Morgan fingerprint density at radius 1 is 1.00 bits per heavy atom. The topological polar surface area (TPSA) is 0 Å². The predicted molar refractivity (Wildman–Crippen MR) is 59.4 cm³/mol. The second-order valence-electron chi connectivity index (χ2n) is 4.55. The van der Waals surface area contributed by atoms with Crippen LogP contribution in [0.25, 0.3) is 0 Å². The van der Waals surface area contributed by atoms with Crippen molar-refractivity contribution >= 4 is 0 Å². The molecule has 3 rings (SSSR count). The zero-order valence-electron chi connectivity index (χ0n) is 8.90. The first kappa shape index (κ1) is 8.52. The summed E-state index contributed by atoms with van der Waals surface area (Å²) in [5.41, 5.74) is 6.65. The molecule has 1 radical (unpaired) electrons. The van der Waals surface area contributed by atoms with Crippen molar-refractivity contribution in [1.82, 2.24) is 0 Å². The lowest BCUT2D eigenvalue weighted by molar-refractivity contribution is 0.844. The van der Waals surface area contributed by atoms with Gasteiger partial charge in [0.25, 0.3) is 0 Å². The number of fused-ring (bicyclic) bond motifs is 3. The summed E-state index contributed by atoms with van der Waals surface area (Å²) in [6, 6.07) is 4.75. The van der Waals surface area contributed by atoms with Crippen LogP contribution in [0.1, 0.15) is 48.4 Å². The van der Waals surface area contributed by atoms with Gasteiger partial charge in [0.15, 0.2) is 0 Å². The first-order valence-corrected chi connectivity index (χ1v) is 5.89. The maximum atomic E-state index is 2.38. The molecule has 0 saturated heterocycles. The van der Waals surface area contributed by atoms with Gasteiger partial charge in [-0.05, 0) is 60.8 Å². The van der Waals surface area contributed by atoms with Crippen molar-refractivity contribution in [2.24, 2.45) is 0 Å². The van der Waals surface area contributed by atoms with Crippen molar-refractivity contribution in [3.05, 3.63) is 40.3 Å². The predicted octanol–water partition coefficient (Wildman–Crippen LogP) is 3.45. The van der Waals surface area contributed by atoms with E-state index >= 15 is 0 Å². The van der Waals surface area contributed by atoms with Gasteiger partial charge >= 0.3 is 0 Å². The van der Waals surface area contributed by atoms with Gasteiger partial charge in [-0.2, -0.15) is 0 Å². The summed E-state index contributed by atoms with van der Waals surface area (Å²) >= 11 is 0. The zero-order chi connectivity index (χ0) is 9.54. The standard InChI is InChI=1S/C14H17/c1-2-10-6-8-12-9-7-11-4-3-5-13(11)14(10)12/h7,9H,2-6,8H2,1H3. The Labute approximate surface area is 86.3 Å². The summed E-state index contributed by atoms with van der Waals surface area (Å²) in [5.74, 6) is 1.72. The van der Waals surface area contributed by atoms with E-state index in [0.717, 1.165) is 0 Å². The number of hydrogen-bond acceptors (Lipinski definition) is 0. The lowest BCUT2D eigenvalue weighted by atomic mass is 9.92. The molecule has 0 amide bonds. The maximum absolute atomic E-state index is 2.38. The second kappa shape index (κ2) is 3.12. The second-order valence-corrected chi connectivity index (χ2v) is 4.55. The van der Waals surface area contributed by atoms with Crippen LogP contribution in [0.4, 0.5) is 0 Å². The molecule has 73 valence electrons. The molecule has 0 heterocycles. The molecule has 1 aromatic rings. The number of rotatable bonds is 1. The molecular weight excluding hydrogens is 168 g/mol. The smallest absolute Gasteiger partial charge is 0.00561 e. The molecule has 0 unspecified atom stereocenters. The fourth-order valence-electron chi connectivity index (χ4n) is 3.13. The average molecular weight is 185 g/mol. The minimum Gasteiger partial charge on any atom is -0.0645 e. The van der Waals surface area contributed by atoms with Crippen LogP contribution in [-0.2, 0) is 19.3 Å². The third-order valence-electron chi connectivity index (χ3n) is 3.85. The van der Waals surface area contributed by atoms with Crippen molar-refractivity contribution in [2.75, 3.05) is 0 Å². The average Bonchev–Trinajstić information content (AvgIpc) is 2.82. The number of benzene rings is 1. The van der Waals surface area contributed by atoms with Gasteiger partial charge in [-0.15, -0.1) is 0 Å². The van der Waals surface area contributed by atoms with E-state index in [2.05, 4.69) is 19.1 Å². The van der Waals surface area contributed by atoms with Gasteiger partial charge in [0.05, 0.1) is 0 Å². The molecule has 0 aromatic heterocycles. The van der Waals surface area contributed by atoms with E-state index in [1.165, 1.54) is 38.5 Å². The molecular formula is C14H17. The van der Waals surface area contributed by atoms with E-state index in [-0.39, 0.29) is 0 Å². The van der Waals surface area contributed by atoms with E-state index in [1.807, 2.05) is 0 Å². The lowest BCUT2D eigenvalue weighted by Crippen LogP contribution is -1.98. The highest BCUT2D eigenvalue weighted by Gasteiger charge is 2.27. The lowest BCUT2D eigenvalue weighted by Gasteiger charge is -2.13. The minimum atomic E-state index is 1.25. The van der Waals surface area contributed by atoms with Crippen LogP contribution >= 0.6 is 0 Å². The van der Waals surface area contributed by atoms with Gasteiger partial charge in [0.2, 0.25) is 0 Å². The van der Waals surface area contributed by atoms with Gasteiger partial charge < -0.3 is 0 Å². The van der Waals surface area contributed by atoms with Gasteiger partial charge in [-0.25, -0.2) is 0 Å². The summed E-state index contributed by atoms with van der Waals surface area (Å²) in [7, 11) is 0. The molecule has 0 heteroatoms. The Bertz CT molecular complexity index is 363. The fraction of sp³-hybridized carbons (Fsp3) is 0.500. The SMILES string of the molecule is CC[C]1CCc2ccc3c(c21)CCC3. The third kappa shape index (κ3) is 1.06.